The molecule has 4 nitrogen and oxygen atoms in total. The van der Waals surface area contributed by atoms with Crippen molar-refractivity contribution in [2.45, 2.75) is 33.1 Å². The van der Waals surface area contributed by atoms with Crippen LogP contribution >= 0.6 is 24.0 Å². The maximum atomic E-state index is 5.81. The first-order valence-electron chi connectivity index (χ1n) is 7.73. The van der Waals surface area contributed by atoms with Crippen LogP contribution in [0.4, 0.5) is 0 Å². The Labute approximate surface area is 157 Å². The number of guanidine groups is 1. The fraction of sp³-hybridized carbons (Fsp3) is 0.500. The minimum absolute atomic E-state index is 0. The third-order valence-electron chi connectivity index (χ3n) is 3.29. The van der Waals surface area contributed by atoms with Crippen molar-refractivity contribution in [2.75, 3.05) is 19.7 Å². The predicted molar refractivity (Wildman–Crippen MR) is 110 cm³/mol. The van der Waals surface area contributed by atoms with E-state index in [1.165, 1.54) is 5.56 Å². The van der Waals surface area contributed by atoms with Gasteiger partial charge in [0.1, 0.15) is 5.75 Å². The van der Waals surface area contributed by atoms with Crippen LogP contribution in [0.15, 0.2) is 41.9 Å². The van der Waals surface area contributed by atoms with E-state index in [1.807, 2.05) is 12.1 Å². The van der Waals surface area contributed by atoms with E-state index < -0.39 is 0 Å². The van der Waals surface area contributed by atoms with Crippen molar-refractivity contribution in [3.63, 3.8) is 0 Å². The van der Waals surface area contributed by atoms with E-state index in [0.29, 0.717) is 25.0 Å². The van der Waals surface area contributed by atoms with Crippen LogP contribution in [0.2, 0.25) is 0 Å². The molecular formula is C18H30IN3O. The molecule has 130 valence electrons. The van der Waals surface area contributed by atoms with Crippen LogP contribution in [0.3, 0.4) is 0 Å². The highest BCUT2D eigenvalue weighted by atomic mass is 127. The van der Waals surface area contributed by atoms with Gasteiger partial charge in [-0.15, -0.1) is 30.6 Å². The van der Waals surface area contributed by atoms with Crippen LogP contribution in [-0.4, -0.2) is 25.7 Å². The van der Waals surface area contributed by atoms with Gasteiger partial charge in [0.05, 0.1) is 13.2 Å². The highest BCUT2D eigenvalue weighted by Gasteiger charge is 2.20. The zero-order chi connectivity index (χ0) is 16.6. The highest BCUT2D eigenvalue weighted by Crippen LogP contribution is 2.25. The predicted octanol–water partition coefficient (Wildman–Crippen LogP) is 3.71. The van der Waals surface area contributed by atoms with E-state index in [2.05, 4.69) is 56.7 Å². The lowest BCUT2D eigenvalue weighted by Crippen LogP contribution is -2.33. The molecule has 0 amide bonds. The molecule has 0 bridgehead atoms. The molecule has 0 aliphatic heterocycles. The Morgan fingerprint density at radius 1 is 1.35 bits per heavy atom. The maximum absolute atomic E-state index is 5.81. The minimum Gasteiger partial charge on any atom is -0.493 e. The third kappa shape index (κ3) is 8.25. The zero-order valence-corrected chi connectivity index (χ0v) is 17.0. The Morgan fingerprint density at radius 3 is 2.48 bits per heavy atom. The Hall–Kier alpha value is -1.24. The molecule has 0 atom stereocenters. The molecule has 0 aliphatic carbocycles. The molecule has 23 heavy (non-hydrogen) atoms. The SMILES string of the molecule is C=CCNC(N)=NCC(C)(C)c1ccc(OCC(C)C)cc1.I. The number of aliphatic imine (C=N–C) groups is 1. The van der Waals surface area contributed by atoms with Gasteiger partial charge in [-0.2, -0.15) is 0 Å². The van der Waals surface area contributed by atoms with E-state index >= 15 is 0 Å². The number of benzene rings is 1. The van der Waals surface area contributed by atoms with Crippen molar-refractivity contribution in [2.24, 2.45) is 16.6 Å². The van der Waals surface area contributed by atoms with Crippen molar-refractivity contribution in [1.82, 2.24) is 5.32 Å². The van der Waals surface area contributed by atoms with E-state index in [4.69, 9.17) is 10.5 Å². The number of halogens is 1. The van der Waals surface area contributed by atoms with Gasteiger partial charge in [0, 0.05) is 12.0 Å². The number of rotatable bonds is 8. The summed E-state index contributed by atoms with van der Waals surface area (Å²) < 4.78 is 5.71. The van der Waals surface area contributed by atoms with Gasteiger partial charge < -0.3 is 15.8 Å². The Bertz CT molecular complexity index is 495. The van der Waals surface area contributed by atoms with Crippen molar-refractivity contribution < 1.29 is 4.74 Å². The second kappa shape index (κ2) is 10.5. The summed E-state index contributed by atoms with van der Waals surface area (Å²) in [5.41, 5.74) is 6.93. The zero-order valence-electron chi connectivity index (χ0n) is 14.6. The fourth-order valence-corrected chi connectivity index (χ4v) is 1.87. The van der Waals surface area contributed by atoms with E-state index in [1.54, 1.807) is 6.08 Å². The summed E-state index contributed by atoms with van der Waals surface area (Å²) in [5, 5.41) is 2.98. The molecule has 0 aliphatic rings. The number of hydrogen-bond acceptors (Lipinski definition) is 2. The second-order valence-electron chi connectivity index (χ2n) is 6.48. The van der Waals surface area contributed by atoms with Crippen LogP contribution < -0.4 is 15.8 Å². The fourth-order valence-electron chi connectivity index (χ4n) is 1.87. The Morgan fingerprint density at radius 2 is 1.96 bits per heavy atom. The summed E-state index contributed by atoms with van der Waals surface area (Å²) in [6.07, 6.45) is 1.75. The number of nitrogens with zero attached hydrogens (tertiary/aromatic N) is 1. The molecule has 0 heterocycles. The van der Waals surface area contributed by atoms with E-state index in [9.17, 15) is 0 Å². The molecule has 0 unspecified atom stereocenters. The Kier molecular flexibility index (Phi) is 9.95. The van der Waals surface area contributed by atoms with Gasteiger partial charge in [-0.25, -0.2) is 0 Å². The molecule has 1 aromatic carbocycles. The largest absolute Gasteiger partial charge is 0.493 e. The molecule has 0 radical (unpaired) electrons. The maximum Gasteiger partial charge on any atom is 0.188 e. The minimum atomic E-state index is -0.0863. The lowest BCUT2D eigenvalue weighted by atomic mass is 9.85. The molecule has 1 rings (SSSR count). The van der Waals surface area contributed by atoms with E-state index in [0.717, 1.165) is 12.4 Å². The average Bonchev–Trinajstić information content (AvgIpc) is 2.49. The van der Waals surface area contributed by atoms with Crippen LogP contribution in [0, 0.1) is 5.92 Å². The molecule has 0 saturated heterocycles. The van der Waals surface area contributed by atoms with Gasteiger partial charge in [0.2, 0.25) is 0 Å². The van der Waals surface area contributed by atoms with Gasteiger partial charge in [0.25, 0.3) is 0 Å². The summed E-state index contributed by atoms with van der Waals surface area (Å²) in [6.45, 7) is 14.2. The summed E-state index contributed by atoms with van der Waals surface area (Å²) in [6, 6.07) is 8.22. The first kappa shape index (κ1) is 21.8. The summed E-state index contributed by atoms with van der Waals surface area (Å²) in [7, 11) is 0. The molecule has 3 N–H and O–H groups in total. The normalized spacial score (nSPS) is 11.8. The smallest absolute Gasteiger partial charge is 0.188 e. The molecular weight excluding hydrogens is 401 g/mol. The monoisotopic (exact) mass is 431 g/mol. The van der Waals surface area contributed by atoms with Gasteiger partial charge in [-0.1, -0.05) is 45.9 Å². The molecule has 0 spiro atoms. The number of nitrogens with one attached hydrogen (secondary N) is 1. The third-order valence-corrected chi connectivity index (χ3v) is 3.29. The standard InChI is InChI=1S/C18H29N3O.HI/c1-6-11-20-17(19)21-13-18(4,5)15-7-9-16(10-8-15)22-12-14(2)3;/h6-10,14H,1,11-13H2,2-5H3,(H3,19,20,21);1H. The molecule has 0 fully saturated rings. The number of nitrogens with two attached hydrogens (primary N) is 1. The van der Waals surface area contributed by atoms with Crippen molar-refractivity contribution in [1.29, 1.82) is 0 Å². The van der Waals surface area contributed by atoms with E-state index in [-0.39, 0.29) is 29.4 Å². The molecule has 5 heteroatoms. The van der Waals surface area contributed by atoms with Gasteiger partial charge in [-0.05, 0) is 23.6 Å². The quantitative estimate of drug-likeness (QED) is 0.286. The van der Waals surface area contributed by atoms with Gasteiger partial charge in [-0.3, -0.25) is 4.99 Å². The molecule has 1 aromatic rings. The number of ether oxygens (including phenoxy) is 1. The van der Waals surface area contributed by atoms with Crippen molar-refractivity contribution in [3.05, 3.63) is 42.5 Å². The van der Waals surface area contributed by atoms with Crippen molar-refractivity contribution >= 4 is 29.9 Å². The lowest BCUT2D eigenvalue weighted by Gasteiger charge is -2.23. The van der Waals surface area contributed by atoms with Crippen molar-refractivity contribution in [3.8, 4) is 5.75 Å². The number of hydrogen-bond donors (Lipinski definition) is 2. The molecule has 0 saturated carbocycles. The van der Waals surface area contributed by atoms with Crippen LogP contribution in [-0.2, 0) is 5.41 Å². The van der Waals surface area contributed by atoms with Crippen LogP contribution in [0.25, 0.3) is 0 Å². The van der Waals surface area contributed by atoms with Gasteiger partial charge >= 0.3 is 0 Å². The summed E-state index contributed by atoms with van der Waals surface area (Å²) >= 11 is 0. The summed E-state index contributed by atoms with van der Waals surface area (Å²) in [5.74, 6) is 1.88. The summed E-state index contributed by atoms with van der Waals surface area (Å²) in [4.78, 5) is 4.40. The van der Waals surface area contributed by atoms with Gasteiger partial charge in [0.15, 0.2) is 5.96 Å². The topological polar surface area (TPSA) is 59.6 Å². The highest BCUT2D eigenvalue weighted by molar-refractivity contribution is 14.0. The second-order valence-corrected chi connectivity index (χ2v) is 6.48. The first-order valence-corrected chi connectivity index (χ1v) is 7.73. The average molecular weight is 431 g/mol. The Balaban J connectivity index is 0.00000484. The lowest BCUT2D eigenvalue weighted by molar-refractivity contribution is 0.271. The van der Waals surface area contributed by atoms with Crippen LogP contribution in [0.1, 0.15) is 33.3 Å². The van der Waals surface area contributed by atoms with Crippen LogP contribution in [0.5, 0.6) is 5.75 Å². The molecule has 0 aromatic heterocycles. The first-order chi connectivity index (χ1) is 10.3.